The molecule has 0 aliphatic heterocycles. The summed E-state index contributed by atoms with van der Waals surface area (Å²) in [4.78, 5) is 2.41. The molecule has 0 spiro atoms. The highest BCUT2D eigenvalue weighted by atomic mass is 19.1. The third-order valence-electron chi connectivity index (χ3n) is 4.38. The molecule has 2 nitrogen and oxygen atoms in total. The topological polar surface area (TPSA) is 15.3 Å². The zero-order valence-electron chi connectivity index (χ0n) is 14.2. The average molecular weight is 294 g/mol. The fourth-order valence-corrected chi connectivity index (χ4v) is 3.19. The molecule has 1 aromatic carbocycles. The van der Waals surface area contributed by atoms with Crippen molar-refractivity contribution in [3.05, 3.63) is 35.6 Å². The number of rotatable bonds is 9. The monoisotopic (exact) mass is 294 g/mol. The maximum absolute atomic E-state index is 14.1. The van der Waals surface area contributed by atoms with Crippen LogP contribution in [0.2, 0.25) is 0 Å². The van der Waals surface area contributed by atoms with Gasteiger partial charge in [0.1, 0.15) is 5.82 Å². The molecule has 0 heterocycles. The molecule has 2 unspecified atom stereocenters. The lowest BCUT2D eigenvalue weighted by molar-refractivity contribution is 0.181. The van der Waals surface area contributed by atoms with Crippen molar-refractivity contribution in [1.82, 2.24) is 10.2 Å². The van der Waals surface area contributed by atoms with Crippen molar-refractivity contribution in [3.63, 3.8) is 0 Å². The maximum Gasteiger partial charge on any atom is 0.127 e. The number of nitrogens with zero attached hydrogens (tertiary/aromatic N) is 1. The van der Waals surface area contributed by atoms with Crippen molar-refractivity contribution in [2.24, 2.45) is 5.92 Å². The van der Waals surface area contributed by atoms with Crippen LogP contribution in [0.15, 0.2) is 24.3 Å². The Morgan fingerprint density at radius 3 is 2.29 bits per heavy atom. The number of hydrogen-bond acceptors (Lipinski definition) is 2. The number of hydrogen-bond donors (Lipinski definition) is 1. The van der Waals surface area contributed by atoms with E-state index in [0.717, 1.165) is 31.5 Å². The van der Waals surface area contributed by atoms with Crippen molar-refractivity contribution < 1.29 is 4.39 Å². The fourth-order valence-electron chi connectivity index (χ4n) is 3.19. The molecule has 1 rings (SSSR count). The highest BCUT2D eigenvalue weighted by Crippen LogP contribution is 2.25. The van der Waals surface area contributed by atoms with E-state index in [2.05, 4.69) is 45.0 Å². The van der Waals surface area contributed by atoms with E-state index in [9.17, 15) is 4.39 Å². The first-order valence-electron chi connectivity index (χ1n) is 8.23. The Bertz CT molecular complexity index is 404. The molecule has 0 bridgehead atoms. The molecule has 0 saturated heterocycles. The van der Waals surface area contributed by atoms with Gasteiger partial charge in [-0.15, -0.1) is 0 Å². The predicted molar refractivity (Wildman–Crippen MR) is 89.0 cm³/mol. The van der Waals surface area contributed by atoms with Crippen molar-refractivity contribution in [3.8, 4) is 0 Å². The second-order valence-electron chi connectivity index (χ2n) is 5.94. The van der Waals surface area contributed by atoms with Gasteiger partial charge in [-0.1, -0.05) is 45.9 Å². The third kappa shape index (κ3) is 5.08. The fraction of sp³-hybridized carbons (Fsp3) is 0.667. The summed E-state index contributed by atoms with van der Waals surface area (Å²) in [6, 6.07) is 7.79. The van der Waals surface area contributed by atoms with Crippen LogP contribution in [0.1, 0.15) is 52.1 Å². The molecular formula is C18H31FN2. The quantitative estimate of drug-likeness (QED) is 0.733. The minimum atomic E-state index is -0.111. The standard InChI is InChI=1S/C18H31FN2/c1-6-15(7-2)21(5)13-14(4)18(20-8-3)16-11-9-10-12-17(16)19/h9-12,14-15,18,20H,6-8,13H2,1-5H3. The summed E-state index contributed by atoms with van der Waals surface area (Å²) in [6.45, 7) is 10.6. The zero-order valence-corrected chi connectivity index (χ0v) is 14.2. The van der Waals surface area contributed by atoms with E-state index < -0.39 is 0 Å². The molecule has 120 valence electrons. The van der Waals surface area contributed by atoms with Gasteiger partial charge in [-0.25, -0.2) is 4.39 Å². The summed E-state index contributed by atoms with van der Waals surface area (Å²) in [5.74, 6) is 0.243. The van der Waals surface area contributed by atoms with E-state index in [-0.39, 0.29) is 11.9 Å². The summed E-state index contributed by atoms with van der Waals surface area (Å²) in [5.41, 5.74) is 0.782. The van der Waals surface area contributed by atoms with Crippen molar-refractivity contribution >= 4 is 0 Å². The first-order chi connectivity index (χ1) is 10.0. The van der Waals surface area contributed by atoms with E-state index in [1.807, 2.05) is 12.1 Å². The van der Waals surface area contributed by atoms with Gasteiger partial charge in [-0.05, 0) is 38.4 Å². The Kier molecular flexibility index (Phi) is 7.91. The lowest BCUT2D eigenvalue weighted by atomic mass is 9.93. The molecule has 0 aliphatic rings. The second-order valence-corrected chi connectivity index (χ2v) is 5.94. The smallest absolute Gasteiger partial charge is 0.127 e. The Labute approximate surface area is 129 Å². The van der Waals surface area contributed by atoms with Crippen molar-refractivity contribution in [2.75, 3.05) is 20.1 Å². The maximum atomic E-state index is 14.1. The molecule has 0 fully saturated rings. The Hall–Kier alpha value is -0.930. The minimum Gasteiger partial charge on any atom is -0.310 e. The van der Waals surface area contributed by atoms with Gasteiger partial charge in [0.15, 0.2) is 0 Å². The van der Waals surface area contributed by atoms with E-state index >= 15 is 0 Å². The Balaban J connectivity index is 2.83. The molecule has 0 saturated carbocycles. The van der Waals surface area contributed by atoms with E-state index in [1.165, 1.54) is 0 Å². The van der Waals surface area contributed by atoms with Gasteiger partial charge in [-0.3, -0.25) is 0 Å². The second kappa shape index (κ2) is 9.16. The van der Waals surface area contributed by atoms with Crippen molar-refractivity contribution in [2.45, 2.75) is 52.6 Å². The average Bonchev–Trinajstić information content (AvgIpc) is 2.47. The van der Waals surface area contributed by atoms with Crippen LogP contribution in [0, 0.1) is 11.7 Å². The molecule has 2 atom stereocenters. The van der Waals surface area contributed by atoms with Crippen LogP contribution in [-0.4, -0.2) is 31.1 Å². The minimum absolute atomic E-state index is 0.0630. The van der Waals surface area contributed by atoms with E-state index in [0.29, 0.717) is 12.0 Å². The van der Waals surface area contributed by atoms with Gasteiger partial charge in [0.2, 0.25) is 0 Å². The van der Waals surface area contributed by atoms with Gasteiger partial charge < -0.3 is 10.2 Å². The lowest BCUT2D eigenvalue weighted by Crippen LogP contribution is -2.39. The van der Waals surface area contributed by atoms with Crippen LogP contribution in [0.5, 0.6) is 0 Å². The van der Waals surface area contributed by atoms with E-state index in [1.54, 1.807) is 12.1 Å². The van der Waals surface area contributed by atoms with Gasteiger partial charge in [-0.2, -0.15) is 0 Å². The summed E-state index contributed by atoms with van der Waals surface area (Å²) < 4.78 is 14.1. The third-order valence-corrected chi connectivity index (χ3v) is 4.38. The first kappa shape index (κ1) is 18.1. The molecular weight excluding hydrogens is 263 g/mol. The highest BCUT2D eigenvalue weighted by molar-refractivity contribution is 5.22. The van der Waals surface area contributed by atoms with Gasteiger partial charge >= 0.3 is 0 Å². The van der Waals surface area contributed by atoms with Crippen LogP contribution in [-0.2, 0) is 0 Å². The number of nitrogens with one attached hydrogen (secondary N) is 1. The van der Waals surface area contributed by atoms with Crippen LogP contribution < -0.4 is 5.32 Å². The summed E-state index contributed by atoms with van der Waals surface area (Å²) >= 11 is 0. The molecule has 1 aromatic rings. The molecule has 0 amide bonds. The normalized spacial score (nSPS) is 14.7. The highest BCUT2D eigenvalue weighted by Gasteiger charge is 2.23. The zero-order chi connectivity index (χ0) is 15.8. The largest absolute Gasteiger partial charge is 0.310 e. The molecule has 3 heteroatoms. The summed E-state index contributed by atoms with van der Waals surface area (Å²) in [6.07, 6.45) is 2.32. The van der Waals surface area contributed by atoms with Gasteiger partial charge in [0.25, 0.3) is 0 Å². The molecule has 0 aliphatic carbocycles. The molecule has 1 N–H and O–H groups in total. The summed E-state index contributed by atoms with van der Waals surface area (Å²) in [7, 11) is 2.18. The first-order valence-corrected chi connectivity index (χ1v) is 8.23. The van der Waals surface area contributed by atoms with Crippen molar-refractivity contribution in [1.29, 1.82) is 0 Å². The Morgan fingerprint density at radius 1 is 1.14 bits per heavy atom. The van der Waals surface area contributed by atoms with Crippen LogP contribution in [0.3, 0.4) is 0 Å². The molecule has 21 heavy (non-hydrogen) atoms. The molecule has 0 radical (unpaired) electrons. The summed E-state index contributed by atoms with van der Waals surface area (Å²) in [5, 5.41) is 3.45. The number of benzene rings is 1. The lowest BCUT2D eigenvalue weighted by Gasteiger charge is -2.33. The van der Waals surface area contributed by atoms with Crippen LogP contribution in [0.4, 0.5) is 4.39 Å². The van der Waals surface area contributed by atoms with Crippen LogP contribution >= 0.6 is 0 Å². The van der Waals surface area contributed by atoms with Crippen LogP contribution in [0.25, 0.3) is 0 Å². The SMILES string of the molecule is CCNC(c1ccccc1F)C(C)CN(C)C(CC)CC. The molecule has 0 aromatic heterocycles. The van der Waals surface area contributed by atoms with Gasteiger partial charge in [0, 0.05) is 24.2 Å². The number of halogens is 1. The van der Waals surface area contributed by atoms with Gasteiger partial charge in [0.05, 0.1) is 0 Å². The Morgan fingerprint density at radius 2 is 1.76 bits per heavy atom. The van der Waals surface area contributed by atoms with E-state index in [4.69, 9.17) is 0 Å². The predicted octanol–water partition coefficient (Wildman–Crippen LogP) is 4.23.